The van der Waals surface area contributed by atoms with Crippen LogP contribution in [0.15, 0.2) is 0 Å². The van der Waals surface area contributed by atoms with Crippen LogP contribution in [-0.2, 0) is 0 Å². The largest absolute Gasteiger partial charge is 0.197 e. The molecule has 0 fully saturated rings. The topological polar surface area (TPSA) is 23.8 Å². The molecule has 0 atom stereocenters. The van der Waals surface area contributed by atoms with E-state index < -0.39 is 0 Å². The summed E-state index contributed by atoms with van der Waals surface area (Å²) in [6.07, 6.45) is 5.00. The zero-order chi connectivity index (χ0) is 7.66. The molecule has 0 aliphatic heterocycles. The zero-order valence-electron chi connectivity index (χ0n) is 6.48. The van der Waals surface area contributed by atoms with Gasteiger partial charge in [-0.1, -0.05) is 25.7 Å². The van der Waals surface area contributed by atoms with E-state index in [1.165, 1.54) is 19.3 Å². The second kappa shape index (κ2) is 8.05. The third-order valence-electron chi connectivity index (χ3n) is 1.20. The highest BCUT2D eigenvalue weighted by molar-refractivity contribution is 5.04. The van der Waals surface area contributed by atoms with Gasteiger partial charge < -0.3 is 0 Å². The van der Waals surface area contributed by atoms with E-state index in [9.17, 15) is 0 Å². The first-order valence-corrected chi connectivity index (χ1v) is 3.74. The minimum Gasteiger partial charge on any atom is -0.197 e. The molecule has 10 heavy (non-hydrogen) atoms. The Morgan fingerprint density at radius 2 is 2.00 bits per heavy atom. The van der Waals surface area contributed by atoms with Gasteiger partial charge in [-0.25, -0.2) is 0 Å². The average Bonchev–Trinajstić information content (AvgIpc) is 1.97. The molecule has 54 valence electrons. The Labute approximate surface area is 63.1 Å². The second-order valence-corrected chi connectivity index (χ2v) is 2.15. The van der Waals surface area contributed by atoms with Crippen LogP contribution in [0.3, 0.4) is 0 Å². The van der Waals surface area contributed by atoms with E-state index in [-0.39, 0.29) is 0 Å². The van der Waals surface area contributed by atoms with Crippen molar-refractivity contribution < 1.29 is 0 Å². The number of unbranched alkanes of at least 4 members (excludes halogenated alkanes) is 3. The van der Waals surface area contributed by atoms with Gasteiger partial charge in [0, 0.05) is 6.42 Å². The van der Waals surface area contributed by atoms with Crippen molar-refractivity contribution >= 4 is 0 Å². The van der Waals surface area contributed by atoms with E-state index in [2.05, 4.69) is 18.8 Å². The summed E-state index contributed by atoms with van der Waals surface area (Å²) in [5, 5.41) is 8.12. The molecule has 0 heterocycles. The van der Waals surface area contributed by atoms with E-state index in [1.807, 2.05) is 6.07 Å². The monoisotopic (exact) mass is 135 g/mol. The van der Waals surface area contributed by atoms with Gasteiger partial charge in [0.25, 0.3) is 0 Å². The van der Waals surface area contributed by atoms with Crippen molar-refractivity contribution in [2.24, 2.45) is 0 Å². The number of nitriles is 1. The summed E-state index contributed by atoms with van der Waals surface area (Å²) < 4.78 is 0. The summed E-state index contributed by atoms with van der Waals surface area (Å²) >= 11 is 0. The Kier molecular flexibility index (Phi) is 7.29. The Balaban J connectivity index is 3.06. The van der Waals surface area contributed by atoms with Crippen molar-refractivity contribution in [3.8, 4) is 17.9 Å². The van der Waals surface area contributed by atoms with E-state index in [0.29, 0.717) is 6.42 Å². The lowest BCUT2D eigenvalue weighted by Gasteiger charge is -1.87. The highest BCUT2D eigenvalue weighted by Crippen LogP contribution is 1.96. The van der Waals surface area contributed by atoms with E-state index >= 15 is 0 Å². The fourth-order valence-corrected chi connectivity index (χ4v) is 0.654. The fraction of sp³-hybridized carbons (Fsp3) is 0.667. The molecular formula is C9H13N. The van der Waals surface area contributed by atoms with E-state index in [4.69, 9.17) is 5.26 Å². The molecule has 0 saturated carbocycles. The molecular weight excluding hydrogens is 122 g/mol. The number of hydrogen-bond acceptors (Lipinski definition) is 1. The molecule has 0 aromatic rings. The van der Waals surface area contributed by atoms with Crippen molar-refractivity contribution in [1.29, 1.82) is 5.26 Å². The molecule has 0 saturated heterocycles. The number of rotatable bonds is 3. The van der Waals surface area contributed by atoms with Crippen LogP contribution >= 0.6 is 0 Å². The first kappa shape index (κ1) is 9.05. The highest BCUT2D eigenvalue weighted by atomic mass is 14.2. The van der Waals surface area contributed by atoms with Crippen LogP contribution in [0, 0.1) is 23.2 Å². The minimum atomic E-state index is 0.381. The van der Waals surface area contributed by atoms with Crippen LogP contribution < -0.4 is 0 Å². The third-order valence-corrected chi connectivity index (χ3v) is 1.20. The summed E-state index contributed by atoms with van der Waals surface area (Å²) in [5.41, 5.74) is 0. The summed E-state index contributed by atoms with van der Waals surface area (Å²) in [7, 11) is 0. The predicted octanol–water partition coefficient (Wildman–Crippen LogP) is 2.48. The molecule has 0 spiro atoms. The van der Waals surface area contributed by atoms with Crippen molar-refractivity contribution in [2.75, 3.05) is 0 Å². The maximum atomic E-state index is 8.12. The van der Waals surface area contributed by atoms with Gasteiger partial charge in [-0.05, 0) is 6.42 Å². The lowest BCUT2D eigenvalue weighted by Crippen LogP contribution is -1.70. The Morgan fingerprint density at radius 1 is 1.20 bits per heavy atom. The predicted molar refractivity (Wildman–Crippen MR) is 42.1 cm³/mol. The zero-order valence-corrected chi connectivity index (χ0v) is 6.48. The Morgan fingerprint density at radius 3 is 2.60 bits per heavy atom. The molecule has 0 unspecified atom stereocenters. The Hall–Kier alpha value is -0.950. The van der Waals surface area contributed by atoms with Crippen LogP contribution in [0.25, 0.3) is 0 Å². The SMILES string of the molecule is CCCCCC#CCC#N. The van der Waals surface area contributed by atoms with Crippen LogP contribution in [-0.4, -0.2) is 0 Å². The molecule has 0 bridgehead atoms. The third kappa shape index (κ3) is 7.05. The molecule has 0 N–H and O–H groups in total. The van der Waals surface area contributed by atoms with Gasteiger partial charge in [0.05, 0.1) is 12.5 Å². The first-order valence-electron chi connectivity index (χ1n) is 3.74. The molecule has 0 rings (SSSR count). The first-order chi connectivity index (χ1) is 4.91. The lowest BCUT2D eigenvalue weighted by molar-refractivity contribution is 0.737. The van der Waals surface area contributed by atoms with Gasteiger partial charge in [-0.3, -0.25) is 0 Å². The Bertz CT molecular complexity index is 154. The normalized spacial score (nSPS) is 7.60. The molecule has 1 heteroatoms. The van der Waals surface area contributed by atoms with Crippen molar-refractivity contribution in [1.82, 2.24) is 0 Å². The van der Waals surface area contributed by atoms with Crippen molar-refractivity contribution in [2.45, 2.75) is 39.0 Å². The summed E-state index contributed by atoms with van der Waals surface area (Å²) in [6.45, 7) is 2.17. The van der Waals surface area contributed by atoms with E-state index in [0.717, 1.165) is 6.42 Å². The van der Waals surface area contributed by atoms with Crippen LogP contribution in [0.5, 0.6) is 0 Å². The number of hydrogen-bond donors (Lipinski definition) is 0. The van der Waals surface area contributed by atoms with Gasteiger partial charge in [0.2, 0.25) is 0 Å². The molecule has 0 amide bonds. The summed E-state index contributed by atoms with van der Waals surface area (Å²) in [6, 6.07) is 1.98. The van der Waals surface area contributed by atoms with Crippen molar-refractivity contribution in [3.63, 3.8) is 0 Å². The van der Waals surface area contributed by atoms with Gasteiger partial charge in [-0.2, -0.15) is 5.26 Å². The van der Waals surface area contributed by atoms with Crippen LogP contribution in [0.4, 0.5) is 0 Å². The lowest BCUT2D eigenvalue weighted by atomic mass is 10.2. The fourth-order valence-electron chi connectivity index (χ4n) is 0.654. The van der Waals surface area contributed by atoms with Gasteiger partial charge in [0.15, 0.2) is 0 Å². The minimum absolute atomic E-state index is 0.381. The summed E-state index contributed by atoms with van der Waals surface area (Å²) in [5.74, 6) is 5.73. The molecule has 0 aromatic heterocycles. The smallest absolute Gasteiger partial charge is 0.0962 e. The molecule has 0 aliphatic carbocycles. The van der Waals surface area contributed by atoms with Gasteiger partial charge >= 0.3 is 0 Å². The highest BCUT2D eigenvalue weighted by Gasteiger charge is 1.79. The molecule has 0 radical (unpaired) electrons. The molecule has 0 aromatic carbocycles. The van der Waals surface area contributed by atoms with Crippen LogP contribution in [0.1, 0.15) is 39.0 Å². The van der Waals surface area contributed by atoms with Gasteiger partial charge in [0.1, 0.15) is 0 Å². The van der Waals surface area contributed by atoms with Crippen LogP contribution in [0.2, 0.25) is 0 Å². The summed E-state index contributed by atoms with van der Waals surface area (Å²) in [4.78, 5) is 0. The quantitative estimate of drug-likeness (QED) is 0.431. The van der Waals surface area contributed by atoms with E-state index in [1.54, 1.807) is 0 Å². The standard InChI is InChI=1S/C9H13N/c1-2-3-4-5-6-7-8-9-10/h2-5,8H2,1H3. The maximum Gasteiger partial charge on any atom is 0.0962 e. The maximum absolute atomic E-state index is 8.12. The average molecular weight is 135 g/mol. The van der Waals surface area contributed by atoms with Crippen molar-refractivity contribution in [3.05, 3.63) is 0 Å². The molecule has 0 aliphatic rings. The van der Waals surface area contributed by atoms with Gasteiger partial charge in [-0.15, -0.1) is 5.92 Å². The molecule has 1 nitrogen and oxygen atoms in total. The second-order valence-electron chi connectivity index (χ2n) is 2.15. The number of nitrogens with zero attached hydrogens (tertiary/aromatic N) is 1.